The summed E-state index contributed by atoms with van der Waals surface area (Å²) in [5.74, 6) is 5.05. The van der Waals surface area contributed by atoms with Crippen molar-refractivity contribution in [2.75, 3.05) is 6.61 Å². The number of rotatable bonds is 2. The zero-order chi connectivity index (χ0) is 11.1. The highest BCUT2D eigenvalue weighted by Crippen LogP contribution is 1.98. The van der Waals surface area contributed by atoms with Crippen molar-refractivity contribution in [2.45, 2.75) is 13.3 Å². The second-order valence-electron chi connectivity index (χ2n) is 2.52. The van der Waals surface area contributed by atoms with Gasteiger partial charge in [-0.3, -0.25) is 4.79 Å². The van der Waals surface area contributed by atoms with E-state index in [4.69, 9.17) is 16.3 Å². The third kappa shape index (κ3) is 4.43. The minimum absolute atomic E-state index is 0.0659. The van der Waals surface area contributed by atoms with Crippen LogP contribution in [0.1, 0.15) is 18.9 Å². The minimum atomic E-state index is -0.333. The molecule has 0 radical (unpaired) electrons. The van der Waals surface area contributed by atoms with Crippen molar-refractivity contribution in [1.82, 2.24) is 9.97 Å². The van der Waals surface area contributed by atoms with E-state index in [-0.39, 0.29) is 17.7 Å². The second-order valence-corrected chi connectivity index (χ2v) is 2.86. The van der Waals surface area contributed by atoms with Crippen molar-refractivity contribution in [3.63, 3.8) is 0 Å². The molecule has 0 aliphatic heterocycles. The van der Waals surface area contributed by atoms with Gasteiger partial charge < -0.3 is 4.74 Å². The molecular weight excluding hydrogens is 216 g/mol. The fourth-order valence-corrected chi connectivity index (χ4v) is 0.905. The molecule has 0 saturated carbocycles. The Bertz CT molecular complexity index is 392. The molecule has 15 heavy (non-hydrogen) atoms. The Balaban J connectivity index is 2.51. The molecule has 0 N–H and O–H groups in total. The molecule has 0 aliphatic rings. The number of aromatic nitrogens is 2. The average molecular weight is 225 g/mol. The van der Waals surface area contributed by atoms with Crippen LogP contribution in [-0.2, 0) is 9.53 Å². The molecule has 0 unspecified atom stereocenters. The maximum Gasteiger partial charge on any atom is 0.317 e. The van der Waals surface area contributed by atoms with Gasteiger partial charge in [0.1, 0.15) is 6.42 Å². The standard InChI is InChI=1S/C10H9ClN2O2/c1-2-15-9(14)5-3-4-8-6-12-10(11)13-7-8/h6-7H,2,5H2,1H3. The summed E-state index contributed by atoms with van der Waals surface area (Å²) in [5.41, 5.74) is 0.615. The van der Waals surface area contributed by atoms with E-state index >= 15 is 0 Å². The normalized spacial score (nSPS) is 8.93. The van der Waals surface area contributed by atoms with Gasteiger partial charge in [-0.05, 0) is 18.5 Å². The Morgan fingerprint density at radius 3 is 2.80 bits per heavy atom. The van der Waals surface area contributed by atoms with E-state index in [2.05, 4.69) is 21.8 Å². The van der Waals surface area contributed by atoms with Crippen LogP contribution in [0.3, 0.4) is 0 Å². The lowest BCUT2D eigenvalue weighted by atomic mass is 10.3. The minimum Gasteiger partial charge on any atom is -0.465 e. The van der Waals surface area contributed by atoms with Crippen LogP contribution in [0, 0.1) is 11.8 Å². The van der Waals surface area contributed by atoms with E-state index in [0.717, 1.165) is 0 Å². The Morgan fingerprint density at radius 1 is 1.53 bits per heavy atom. The van der Waals surface area contributed by atoms with Gasteiger partial charge in [0.25, 0.3) is 0 Å². The second kappa shape index (κ2) is 5.99. The first kappa shape index (κ1) is 11.5. The van der Waals surface area contributed by atoms with Crippen LogP contribution in [0.15, 0.2) is 12.4 Å². The Labute approximate surface area is 92.6 Å². The quantitative estimate of drug-likeness (QED) is 0.433. The molecule has 4 nitrogen and oxygen atoms in total. The summed E-state index contributed by atoms with van der Waals surface area (Å²) in [4.78, 5) is 18.4. The first-order valence-electron chi connectivity index (χ1n) is 4.34. The number of ether oxygens (including phenoxy) is 1. The van der Waals surface area contributed by atoms with Gasteiger partial charge in [-0.1, -0.05) is 11.8 Å². The monoisotopic (exact) mass is 224 g/mol. The van der Waals surface area contributed by atoms with Crippen LogP contribution in [0.2, 0.25) is 5.28 Å². The van der Waals surface area contributed by atoms with Crippen molar-refractivity contribution in [1.29, 1.82) is 0 Å². The molecular formula is C10H9ClN2O2. The van der Waals surface area contributed by atoms with Gasteiger partial charge >= 0.3 is 5.97 Å². The maximum atomic E-state index is 10.9. The Kier molecular flexibility index (Phi) is 4.58. The molecule has 1 aromatic heterocycles. The van der Waals surface area contributed by atoms with E-state index in [1.165, 1.54) is 12.4 Å². The molecule has 0 amide bonds. The predicted octanol–water partition coefficient (Wildman–Crippen LogP) is 1.43. The number of esters is 1. The van der Waals surface area contributed by atoms with Crippen LogP contribution in [0.5, 0.6) is 0 Å². The number of halogens is 1. The average Bonchev–Trinajstić information content (AvgIpc) is 2.21. The Morgan fingerprint density at radius 2 is 2.20 bits per heavy atom. The van der Waals surface area contributed by atoms with E-state index in [1.54, 1.807) is 6.92 Å². The van der Waals surface area contributed by atoms with Crippen molar-refractivity contribution >= 4 is 17.6 Å². The predicted molar refractivity (Wildman–Crippen MR) is 55.2 cm³/mol. The summed E-state index contributed by atoms with van der Waals surface area (Å²) < 4.78 is 4.71. The van der Waals surface area contributed by atoms with E-state index in [9.17, 15) is 4.79 Å². The summed E-state index contributed by atoms with van der Waals surface area (Å²) in [5, 5.41) is 0.172. The zero-order valence-corrected chi connectivity index (χ0v) is 8.91. The molecule has 0 saturated heterocycles. The number of carbonyl (C=O) groups is 1. The van der Waals surface area contributed by atoms with Crippen molar-refractivity contribution in [3.8, 4) is 11.8 Å². The van der Waals surface area contributed by atoms with Crippen LogP contribution in [0.25, 0.3) is 0 Å². The molecule has 0 bridgehead atoms. The number of carbonyl (C=O) groups excluding carboxylic acids is 1. The molecule has 0 aliphatic carbocycles. The number of hydrogen-bond donors (Lipinski definition) is 0. The van der Waals surface area contributed by atoms with Gasteiger partial charge in [0, 0.05) is 12.4 Å². The molecule has 0 spiro atoms. The lowest BCUT2D eigenvalue weighted by Crippen LogP contribution is -2.01. The van der Waals surface area contributed by atoms with Crippen molar-refractivity contribution < 1.29 is 9.53 Å². The third-order valence-corrected chi connectivity index (χ3v) is 1.59. The molecule has 1 rings (SSSR count). The summed E-state index contributed by atoms with van der Waals surface area (Å²) in [6.07, 6.45) is 3.05. The lowest BCUT2D eigenvalue weighted by Gasteiger charge is -1.94. The fourth-order valence-electron chi connectivity index (χ4n) is 0.807. The number of nitrogens with zero attached hydrogens (tertiary/aromatic N) is 2. The van der Waals surface area contributed by atoms with Gasteiger partial charge in [0.2, 0.25) is 5.28 Å². The summed E-state index contributed by atoms with van der Waals surface area (Å²) in [6.45, 7) is 2.11. The molecule has 5 heteroatoms. The zero-order valence-electron chi connectivity index (χ0n) is 8.16. The summed E-state index contributed by atoms with van der Waals surface area (Å²) >= 11 is 5.49. The molecule has 1 aromatic rings. The Hall–Kier alpha value is -1.60. The third-order valence-electron chi connectivity index (χ3n) is 1.39. The van der Waals surface area contributed by atoms with Crippen molar-refractivity contribution in [2.24, 2.45) is 0 Å². The molecule has 78 valence electrons. The number of hydrogen-bond acceptors (Lipinski definition) is 4. The highest BCUT2D eigenvalue weighted by Gasteiger charge is 1.96. The van der Waals surface area contributed by atoms with E-state index in [0.29, 0.717) is 12.2 Å². The topological polar surface area (TPSA) is 52.1 Å². The van der Waals surface area contributed by atoms with Crippen LogP contribution >= 0.6 is 11.6 Å². The largest absolute Gasteiger partial charge is 0.465 e. The van der Waals surface area contributed by atoms with Crippen LogP contribution in [-0.4, -0.2) is 22.5 Å². The summed E-state index contributed by atoms with van der Waals surface area (Å²) in [6, 6.07) is 0. The first-order chi connectivity index (χ1) is 7.22. The van der Waals surface area contributed by atoms with Crippen molar-refractivity contribution in [3.05, 3.63) is 23.2 Å². The molecule has 0 aromatic carbocycles. The first-order valence-corrected chi connectivity index (χ1v) is 4.72. The van der Waals surface area contributed by atoms with E-state index in [1.807, 2.05) is 0 Å². The molecule has 0 fully saturated rings. The van der Waals surface area contributed by atoms with Gasteiger partial charge in [0.05, 0.1) is 12.2 Å². The van der Waals surface area contributed by atoms with Crippen LogP contribution < -0.4 is 0 Å². The maximum absolute atomic E-state index is 10.9. The lowest BCUT2D eigenvalue weighted by molar-refractivity contribution is -0.141. The molecule has 0 atom stereocenters. The van der Waals surface area contributed by atoms with Gasteiger partial charge in [-0.15, -0.1) is 0 Å². The fraction of sp³-hybridized carbons (Fsp3) is 0.300. The highest BCUT2D eigenvalue weighted by molar-refractivity contribution is 6.28. The highest BCUT2D eigenvalue weighted by atomic mass is 35.5. The van der Waals surface area contributed by atoms with Gasteiger partial charge in [-0.25, -0.2) is 9.97 Å². The van der Waals surface area contributed by atoms with E-state index < -0.39 is 0 Å². The van der Waals surface area contributed by atoms with Crippen LogP contribution in [0.4, 0.5) is 0 Å². The van der Waals surface area contributed by atoms with Gasteiger partial charge in [-0.2, -0.15) is 0 Å². The molecule has 1 heterocycles. The smallest absolute Gasteiger partial charge is 0.317 e. The SMILES string of the molecule is CCOC(=O)CC#Cc1cnc(Cl)nc1. The van der Waals surface area contributed by atoms with Gasteiger partial charge in [0.15, 0.2) is 0 Å². The summed E-state index contributed by atoms with van der Waals surface area (Å²) in [7, 11) is 0.